The standard InChI is InChI=1S/C15H17NO2/c1-2-11(9-15(17)18)13-8-14(16-10-13)12-6-4-3-5-7-12/h3-8,10-11,16H,2,9H2,1H3,(H,17,18). The minimum atomic E-state index is -0.746. The van der Waals surface area contributed by atoms with Crippen molar-refractivity contribution >= 4 is 5.97 Å². The number of carboxylic acid groups (broad SMARTS) is 1. The van der Waals surface area contributed by atoms with Gasteiger partial charge in [-0.25, -0.2) is 0 Å². The molecule has 2 aromatic rings. The first-order valence-electron chi connectivity index (χ1n) is 6.16. The lowest BCUT2D eigenvalue weighted by molar-refractivity contribution is -0.137. The van der Waals surface area contributed by atoms with Crippen molar-refractivity contribution in [1.82, 2.24) is 4.98 Å². The Balaban J connectivity index is 2.22. The smallest absolute Gasteiger partial charge is 0.303 e. The van der Waals surface area contributed by atoms with Gasteiger partial charge >= 0.3 is 5.97 Å². The quantitative estimate of drug-likeness (QED) is 0.842. The number of aromatic amines is 1. The van der Waals surface area contributed by atoms with Crippen molar-refractivity contribution in [2.75, 3.05) is 0 Å². The van der Waals surface area contributed by atoms with Crippen LogP contribution in [0.2, 0.25) is 0 Å². The molecule has 0 spiro atoms. The van der Waals surface area contributed by atoms with Crippen LogP contribution in [-0.2, 0) is 4.79 Å². The molecule has 3 heteroatoms. The van der Waals surface area contributed by atoms with Gasteiger partial charge < -0.3 is 10.1 Å². The summed E-state index contributed by atoms with van der Waals surface area (Å²) in [5.74, 6) is -0.666. The monoisotopic (exact) mass is 243 g/mol. The molecule has 0 radical (unpaired) electrons. The van der Waals surface area contributed by atoms with Gasteiger partial charge in [0.2, 0.25) is 0 Å². The second kappa shape index (κ2) is 5.54. The minimum absolute atomic E-state index is 0.0798. The molecule has 2 N–H and O–H groups in total. The SMILES string of the molecule is CCC(CC(=O)O)c1c[nH]c(-c2ccccc2)c1. The van der Waals surface area contributed by atoms with Crippen molar-refractivity contribution < 1.29 is 9.90 Å². The van der Waals surface area contributed by atoms with E-state index in [0.717, 1.165) is 23.2 Å². The third kappa shape index (κ3) is 2.80. The molecule has 0 aliphatic carbocycles. The number of carboxylic acids is 1. The molecule has 1 aromatic heterocycles. The molecule has 0 fully saturated rings. The van der Waals surface area contributed by atoms with E-state index in [0.29, 0.717) is 0 Å². The first kappa shape index (κ1) is 12.4. The zero-order valence-electron chi connectivity index (χ0n) is 10.4. The van der Waals surface area contributed by atoms with Crippen LogP contribution in [0.5, 0.6) is 0 Å². The molecule has 2 rings (SSSR count). The van der Waals surface area contributed by atoms with Gasteiger partial charge in [-0.1, -0.05) is 37.3 Å². The van der Waals surface area contributed by atoms with Crippen LogP contribution in [0, 0.1) is 0 Å². The lowest BCUT2D eigenvalue weighted by Gasteiger charge is -2.09. The summed E-state index contributed by atoms with van der Waals surface area (Å²) in [6.45, 7) is 2.02. The number of aliphatic carboxylic acids is 1. The van der Waals surface area contributed by atoms with Crippen molar-refractivity contribution in [3.63, 3.8) is 0 Å². The average molecular weight is 243 g/mol. The number of nitrogens with one attached hydrogen (secondary N) is 1. The van der Waals surface area contributed by atoms with Crippen LogP contribution >= 0.6 is 0 Å². The molecule has 1 atom stereocenters. The summed E-state index contributed by atoms with van der Waals surface area (Å²) < 4.78 is 0. The van der Waals surface area contributed by atoms with Crippen molar-refractivity contribution in [1.29, 1.82) is 0 Å². The lowest BCUT2D eigenvalue weighted by atomic mass is 9.95. The van der Waals surface area contributed by atoms with Gasteiger partial charge in [0.1, 0.15) is 0 Å². The second-order valence-electron chi connectivity index (χ2n) is 4.42. The molecular weight excluding hydrogens is 226 g/mol. The largest absolute Gasteiger partial charge is 0.481 e. The summed E-state index contributed by atoms with van der Waals surface area (Å²) >= 11 is 0. The van der Waals surface area contributed by atoms with Gasteiger partial charge in [0, 0.05) is 11.9 Å². The average Bonchev–Trinajstić information content (AvgIpc) is 2.86. The van der Waals surface area contributed by atoms with E-state index < -0.39 is 5.97 Å². The molecule has 1 unspecified atom stereocenters. The topological polar surface area (TPSA) is 53.1 Å². The molecular formula is C15H17NO2. The Kier molecular flexibility index (Phi) is 3.82. The van der Waals surface area contributed by atoms with E-state index in [1.165, 1.54) is 0 Å². The number of hydrogen-bond acceptors (Lipinski definition) is 1. The highest BCUT2D eigenvalue weighted by Gasteiger charge is 2.15. The summed E-state index contributed by atoms with van der Waals surface area (Å²) in [5, 5.41) is 8.89. The summed E-state index contributed by atoms with van der Waals surface area (Å²) in [4.78, 5) is 14.0. The Morgan fingerprint density at radius 2 is 2.06 bits per heavy atom. The number of rotatable bonds is 5. The van der Waals surface area contributed by atoms with Gasteiger partial charge in [-0.15, -0.1) is 0 Å². The van der Waals surface area contributed by atoms with Crippen molar-refractivity contribution in [3.8, 4) is 11.3 Å². The van der Waals surface area contributed by atoms with Crippen LogP contribution in [0.25, 0.3) is 11.3 Å². The Bertz CT molecular complexity index is 516. The third-order valence-corrected chi connectivity index (χ3v) is 3.18. The summed E-state index contributed by atoms with van der Waals surface area (Å²) in [5.41, 5.74) is 3.22. The first-order chi connectivity index (χ1) is 8.70. The highest BCUT2D eigenvalue weighted by molar-refractivity contribution is 5.68. The normalized spacial score (nSPS) is 12.3. The van der Waals surface area contributed by atoms with Crippen molar-refractivity contribution in [2.24, 2.45) is 0 Å². The number of hydrogen-bond donors (Lipinski definition) is 2. The van der Waals surface area contributed by atoms with Gasteiger partial charge in [0.15, 0.2) is 0 Å². The zero-order chi connectivity index (χ0) is 13.0. The fourth-order valence-electron chi connectivity index (χ4n) is 2.14. The molecule has 94 valence electrons. The Morgan fingerprint density at radius 3 is 2.67 bits per heavy atom. The van der Waals surface area contributed by atoms with E-state index in [4.69, 9.17) is 5.11 Å². The summed E-state index contributed by atoms with van der Waals surface area (Å²) in [6, 6.07) is 12.1. The van der Waals surface area contributed by atoms with Crippen LogP contribution < -0.4 is 0 Å². The molecule has 0 aliphatic heterocycles. The van der Waals surface area contributed by atoms with Crippen LogP contribution in [0.15, 0.2) is 42.6 Å². The predicted octanol–water partition coefficient (Wildman–Crippen LogP) is 3.65. The zero-order valence-corrected chi connectivity index (χ0v) is 10.4. The minimum Gasteiger partial charge on any atom is -0.481 e. The highest BCUT2D eigenvalue weighted by Crippen LogP contribution is 2.27. The predicted molar refractivity (Wildman–Crippen MR) is 71.5 cm³/mol. The van der Waals surface area contributed by atoms with Gasteiger partial charge in [0.05, 0.1) is 6.42 Å². The van der Waals surface area contributed by atoms with E-state index in [1.807, 2.05) is 49.5 Å². The number of carbonyl (C=O) groups is 1. The molecule has 18 heavy (non-hydrogen) atoms. The van der Waals surface area contributed by atoms with E-state index in [9.17, 15) is 4.79 Å². The van der Waals surface area contributed by atoms with Gasteiger partial charge in [-0.3, -0.25) is 4.79 Å². The molecule has 0 aliphatic rings. The number of H-pyrrole nitrogens is 1. The molecule has 3 nitrogen and oxygen atoms in total. The van der Waals surface area contributed by atoms with Crippen molar-refractivity contribution in [3.05, 3.63) is 48.2 Å². The summed E-state index contributed by atoms with van der Waals surface area (Å²) in [7, 11) is 0. The fourth-order valence-corrected chi connectivity index (χ4v) is 2.14. The fraction of sp³-hybridized carbons (Fsp3) is 0.267. The van der Waals surface area contributed by atoms with Gasteiger partial charge in [-0.2, -0.15) is 0 Å². The first-order valence-corrected chi connectivity index (χ1v) is 6.16. The van der Waals surface area contributed by atoms with E-state index in [2.05, 4.69) is 4.98 Å². The maximum Gasteiger partial charge on any atom is 0.303 e. The Hall–Kier alpha value is -2.03. The Morgan fingerprint density at radius 1 is 1.33 bits per heavy atom. The number of benzene rings is 1. The van der Waals surface area contributed by atoms with Gasteiger partial charge in [-0.05, 0) is 29.5 Å². The molecule has 0 saturated heterocycles. The lowest BCUT2D eigenvalue weighted by Crippen LogP contribution is -2.04. The molecule has 0 amide bonds. The van der Waals surface area contributed by atoms with E-state index >= 15 is 0 Å². The van der Waals surface area contributed by atoms with Crippen LogP contribution in [0.3, 0.4) is 0 Å². The second-order valence-corrected chi connectivity index (χ2v) is 4.42. The van der Waals surface area contributed by atoms with Gasteiger partial charge in [0.25, 0.3) is 0 Å². The highest BCUT2D eigenvalue weighted by atomic mass is 16.4. The van der Waals surface area contributed by atoms with Crippen LogP contribution in [0.1, 0.15) is 31.2 Å². The number of aromatic nitrogens is 1. The maximum absolute atomic E-state index is 10.8. The summed E-state index contributed by atoms with van der Waals surface area (Å²) in [6.07, 6.45) is 2.93. The van der Waals surface area contributed by atoms with Crippen LogP contribution in [0.4, 0.5) is 0 Å². The maximum atomic E-state index is 10.8. The van der Waals surface area contributed by atoms with E-state index in [1.54, 1.807) is 0 Å². The van der Waals surface area contributed by atoms with E-state index in [-0.39, 0.29) is 12.3 Å². The molecule has 1 heterocycles. The molecule has 0 saturated carbocycles. The third-order valence-electron chi connectivity index (χ3n) is 3.18. The van der Waals surface area contributed by atoms with Crippen molar-refractivity contribution in [2.45, 2.75) is 25.7 Å². The molecule has 1 aromatic carbocycles. The van der Waals surface area contributed by atoms with Crippen LogP contribution in [-0.4, -0.2) is 16.1 Å². The Labute approximate surface area is 106 Å². The molecule has 0 bridgehead atoms.